The minimum atomic E-state index is -4.13. The zero-order valence-corrected chi connectivity index (χ0v) is 43.5. The van der Waals surface area contributed by atoms with Crippen LogP contribution in [0.15, 0.2) is 146 Å². The van der Waals surface area contributed by atoms with Crippen LogP contribution in [-0.4, -0.2) is 55.2 Å². The Bertz CT molecular complexity index is 3710. The van der Waals surface area contributed by atoms with Crippen LogP contribution in [0.5, 0.6) is 23.0 Å². The number of ketones is 2. The van der Waals surface area contributed by atoms with Crippen molar-refractivity contribution in [3.05, 3.63) is 146 Å². The Morgan fingerprint density at radius 1 is 0.479 bits per heavy atom. The summed E-state index contributed by atoms with van der Waals surface area (Å²) in [7, 11) is -2.42. The SMILES string of the molecule is CC1(C)C2CCC1(CS(=O)(=O)Cl)C(=O)C2.CC1(C)C2CCC1(CS(=O)(=O)Oc1ccc3ccccc3c1-c1c(O)ccc3ccccc13)C(=O)C2.Oc1ccc2ccccc2c1-c1c(O)ccc2ccccc12. The molecule has 4 aliphatic rings. The molecule has 0 aliphatic heterocycles. The van der Waals surface area contributed by atoms with E-state index < -0.39 is 30.0 Å². The summed E-state index contributed by atoms with van der Waals surface area (Å²) < 4.78 is 55.5. The van der Waals surface area contributed by atoms with Gasteiger partial charge in [0.15, 0.2) is 5.75 Å². The van der Waals surface area contributed by atoms with Crippen LogP contribution in [0.3, 0.4) is 0 Å². The molecule has 13 heteroatoms. The fraction of sp³-hybridized carbons (Fsp3) is 0.300. The summed E-state index contributed by atoms with van der Waals surface area (Å²) in [5.41, 5.74) is 0.149. The number of phenolic OH excluding ortho intramolecular Hbond substituents is 3. The average Bonchev–Trinajstić information content (AvgIpc) is 3.88. The summed E-state index contributed by atoms with van der Waals surface area (Å²) in [5, 5.41) is 39.2. The Balaban J connectivity index is 0.000000140. The van der Waals surface area contributed by atoms with E-state index in [2.05, 4.69) is 0 Å². The number of halogens is 1. The molecule has 0 saturated heterocycles. The number of benzene rings is 8. The summed E-state index contributed by atoms with van der Waals surface area (Å²) in [6, 6.07) is 45.1. The highest BCUT2D eigenvalue weighted by atomic mass is 35.7. The van der Waals surface area contributed by atoms with E-state index in [4.69, 9.17) is 14.9 Å². The van der Waals surface area contributed by atoms with Crippen molar-refractivity contribution in [3.8, 4) is 45.3 Å². The number of carbonyl (C=O) groups is 2. The molecule has 0 spiro atoms. The first-order chi connectivity index (χ1) is 34.6. The first-order valence-corrected chi connectivity index (χ1v) is 28.7. The van der Waals surface area contributed by atoms with Crippen LogP contribution in [0.25, 0.3) is 65.3 Å². The van der Waals surface area contributed by atoms with Gasteiger partial charge in [-0.1, -0.05) is 149 Å². The number of carbonyl (C=O) groups excluding carboxylic acids is 2. The lowest BCUT2D eigenvalue weighted by Gasteiger charge is -2.35. The Kier molecular flexibility index (Phi) is 12.5. The Morgan fingerprint density at radius 3 is 1.15 bits per heavy atom. The van der Waals surface area contributed by atoms with Crippen LogP contribution in [0.2, 0.25) is 0 Å². The molecule has 8 aromatic carbocycles. The van der Waals surface area contributed by atoms with Crippen LogP contribution in [0, 0.1) is 33.5 Å². The molecule has 4 bridgehead atoms. The zero-order valence-electron chi connectivity index (χ0n) is 41.1. The van der Waals surface area contributed by atoms with E-state index in [-0.39, 0.29) is 62.8 Å². The highest BCUT2D eigenvalue weighted by molar-refractivity contribution is 8.13. The lowest BCUT2D eigenvalue weighted by atomic mass is 9.70. The third-order valence-electron chi connectivity index (χ3n) is 17.4. The quantitative estimate of drug-likeness (QED) is 0.0982. The maximum atomic E-state index is 13.6. The molecule has 0 amide bonds. The minimum Gasteiger partial charge on any atom is -0.507 e. The molecular formula is C60H57ClO10S2. The predicted octanol–water partition coefficient (Wildman–Crippen LogP) is 13.5. The van der Waals surface area contributed by atoms with Crippen molar-refractivity contribution >= 4 is 84.5 Å². The van der Waals surface area contributed by atoms with Crippen LogP contribution < -0.4 is 4.18 Å². The van der Waals surface area contributed by atoms with E-state index in [1.807, 2.05) is 149 Å². The van der Waals surface area contributed by atoms with Crippen molar-refractivity contribution in [1.29, 1.82) is 0 Å². The topological polar surface area (TPSA) is 172 Å². The normalized spacial score (nSPS) is 22.6. The third-order valence-corrected chi connectivity index (χ3v) is 19.9. The number of fused-ring (bicyclic) bond motifs is 8. The Morgan fingerprint density at radius 2 is 0.808 bits per heavy atom. The number of hydrogen-bond donors (Lipinski definition) is 3. The molecule has 4 atom stereocenters. The van der Waals surface area contributed by atoms with Gasteiger partial charge in [0.2, 0.25) is 9.05 Å². The molecule has 4 fully saturated rings. The van der Waals surface area contributed by atoms with E-state index in [0.717, 1.165) is 55.9 Å². The molecule has 0 aromatic heterocycles. The van der Waals surface area contributed by atoms with Crippen molar-refractivity contribution in [2.75, 3.05) is 11.5 Å². The molecule has 8 aromatic rings. The maximum Gasteiger partial charge on any atom is 0.310 e. The molecule has 73 heavy (non-hydrogen) atoms. The van der Waals surface area contributed by atoms with Crippen LogP contribution in [0.4, 0.5) is 0 Å². The van der Waals surface area contributed by atoms with Crippen LogP contribution >= 0.6 is 10.7 Å². The summed E-state index contributed by atoms with van der Waals surface area (Å²) in [4.78, 5) is 24.9. The van der Waals surface area contributed by atoms with Gasteiger partial charge in [-0.05, 0) is 116 Å². The van der Waals surface area contributed by atoms with Gasteiger partial charge < -0.3 is 19.5 Å². The fourth-order valence-electron chi connectivity index (χ4n) is 13.1. The average molecular weight is 1040 g/mol. The van der Waals surface area contributed by atoms with Crippen molar-refractivity contribution in [2.24, 2.45) is 33.5 Å². The highest BCUT2D eigenvalue weighted by Crippen LogP contribution is 2.65. The maximum absolute atomic E-state index is 13.6. The van der Waals surface area contributed by atoms with Gasteiger partial charge in [0, 0.05) is 51.2 Å². The van der Waals surface area contributed by atoms with Gasteiger partial charge in [0.05, 0.1) is 16.9 Å². The number of Topliss-reactive ketones (excluding diaryl/α,β-unsaturated/α-hetero) is 2. The Hall–Kier alpha value is -6.47. The standard InChI is InChI=1S/C30H28O5S.C20H14O2.C10H15ClO3S/c1-29(2)21-15-16-30(29,26(32)17-21)18-36(33,34)35-25-14-12-20-8-4-6-10-23(20)28(25)27-22-9-5-3-7-19(22)11-13-24(27)31;21-17-11-9-13-5-1-3-7-15(13)19(17)20-16-8-4-2-6-14(16)10-12-18(20)22;1-9(2)7-3-4-10(9,8(12)5-7)6-15(11,13)14/h3-14,21,31H,15-18H2,1-2H3;1-12,21-22H;7H,3-6H2,1-2H3. The van der Waals surface area contributed by atoms with Gasteiger partial charge >= 0.3 is 10.1 Å². The van der Waals surface area contributed by atoms with Gasteiger partial charge in [0.1, 0.15) is 28.8 Å². The second-order valence-corrected chi connectivity index (χ2v) is 25.9. The summed E-state index contributed by atoms with van der Waals surface area (Å²) in [6.07, 6.45) is 4.02. The van der Waals surface area contributed by atoms with Crippen molar-refractivity contribution in [1.82, 2.24) is 0 Å². The van der Waals surface area contributed by atoms with Crippen LogP contribution in [-0.2, 0) is 28.8 Å². The van der Waals surface area contributed by atoms with Crippen molar-refractivity contribution < 1.29 is 45.9 Å². The second-order valence-electron chi connectivity index (χ2n) is 21.5. The second kappa shape index (κ2) is 18.2. The molecule has 4 saturated carbocycles. The molecule has 4 unspecified atom stereocenters. The van der Waals surface area contributed by atoms with Crippen LogP contribution in [0.1, 0.15) is 66.2 Å². The van der Waals surface area contributed by atoms with Gasteiger partial charge in [-0.2, -0.15) is 8.42 Å². The van der Waals surface area contributed by atoms with E-state index in [1.54, 1.807) is 24.3 Å². The lowest BCUT2D eigenvalue weighted by Crippen LogP contribution is -2.43. The molecule has 376 valence electrons. The largest absolute Gasteiger partial charge is 0.507 e. The minimum absolute atomic E-state index is 0.0290. The van der Waals surface area contributed by atoms with Crippen molar-refractivity contribution in [3.63, 3.8) is 0 Å². The number of rotatable bonds is 8. The fourth-order valence-corrected chi connectivity index (χ4v) is 16.7. The zero-order chi connectivity index (χ0) is 51.9. The monoisotopic (exact) mass is 1040 g/mol. The molecule has 4 aliphatic carbocycles. The first kappa shape index (κ1) is 50.1. The lowest BCUT2D eigenvalue weighted by molar-refractivity contribution is -0.128. The van der Waals surface area contributed by atoms with E-state index >= 15 is 0 Å². The molecule has 10 nitrogen and oxygen atoms in total. The number of aromatic hydroxyl groups is 3. The van der Waals surface area contributed by atoms with Gasteiger partial charge in [-0.25, -0.2) is 8.42 Å². The number of hydrogen-bond acceptors (Lipinski definition) is 10. The number of phenols is 3. The smallest absolute Gasteiger partial charge is 0.310 e. The molecule has 3 N–H and O–H groups in total. The summed E-state index contributed by atoms with van der Waals surface area (Å²) in [5.74, 6) is 0.670. The molecule has 0 heterocycles. The van der Waals surface area contributed by atoms with Crippen molar-refractivity contribution in [2.45, 2.75) is 66.2 Å². The van der Waals surface area contributed by atoms with Gasteiger partial charge in [0.25, 0.3) is 0 Å². The molecule has 0 radical (unpaired) electrons. The highest BCUT2D eigenvalue weighted by Gasteiger charge is 2.66. The third kappa shape index (κ3) is 8.49. The van der Waals surface area contributed by atoms with E-state index in [0.29, 0.717) is 53.9 Å². The molecular weight excluding hydrogens is 980 g/mol. The first-order valence-electron chi connectivity index (χ1n) is 24.6. The van der Waals surface area contributed by atoms with Gasteiger partial charge in [-0.15, -0.1) is 0 Å². The summed E-state index contributed by atoms with van der Waals surface area (Å²) in [6.45, 7) is 8.02. The molecule has 12 rings (SSSR count). The van der Waals surface area contributed by atoms with Gasteiger partial charge in [-0.3, -0.25) is 9.59 Å². The van der Waals surface area contributed by atoms with E-state index in [9.17, 15) is 41.7 Å². The predicted molar refractivity (Wildman–Crippen MR) is 290 cm³/mol. The Labute approximate surface area is 430 Å². The van der Waals surface area contributed by atoms with E-state index in [1.165, 1.54) is 0 Å². The summed E-state index contributed by atoms with van der Waals surface area (Å²) >= 11 is 0.